The zero-order valence-electron chi connectivity index (χ0n) is 12.2. The topological polar surface area (TPSA) is 69.7 Å². The van der Waals surface area contributed by atoms with Gasteiger partial charge in [-0.15, -0.1) is 0 Å². The third kappa shape index (κ3) is 5.07. The van der Waals surface area contributed by atoms with Gasteiger partial charge >= 0.3 is 6.09 Å². The minimum absolute atomic E-state index is 0.358. The molecule has 20 heavy (non-hydrogen) atoms. The Morgan fingerprint density at radius 1 is 1.35 bits per heavy atom. The number of nitrogens with zero attached hydrogens (tertiary/aromatic N) is 1. The molecule has 0 atom stereocenters. The normalized spacial score (nSPS) is 11.6. The van der Waals surface area contributed by atoms with E-state index >= 15 is 0 Å². The van der Waals surface area contributed by atoms with Crippen LogP contribution >= 0.6 is 15.9 Å². The van der Waals surface area contributed by atoms with Crippen molar-refractivity contribution in [1.82, 2.24) is 4.98 Å². The van der Waals surface area contributed by atoms with Gasteiger partial charge in [0.2, 0.25) is 0 Å². The first kappa shape index (κ1) is 16.9. The first-order valence-corrected chi connectivity index (χ1v) is 6.77. The number of methoxy groups -OCH3 is 2. The number of pyridine rings is 1. The Balaban J connectivity index is 2.87. The standard InChI is InChI=1S/C13H19BrN2O4/c1-13(2,3)20-12(17)16-10-6-8(9(14)7-15-10)11(18-4)19-5/h6-7,11H,1-5H3,(H,15,16,17). The number of hydrogen-bond donors (Lipinski definition) is 1. The molecule has 0 spiro atoms. The van der Waals surface area contributed by atoms with Crippen LogP contribution in [0.4, 0.5) is 10.6 Å². The molecule has 0 aliphatic heterocycles. The van der Waals surface area contributed by atoms with E-state index in [0.29, 0.717) is 5.82 Å². The highest BCUT2D eigenvalue weighted by molar-refractivity contribution is 9.10. The summed E-state index contributed by atoms with van der Waals surface area (Å²) in [7, 11) is 3.06. The lowest BCUT2D eigenvalue weighted by Gasteiger charge is -2.20. The molecule has 1 aromatic rings. The van der Waals surface area contributed by atoms with Crippen LogP contribution < -0.4 is 5.32 Å². The number of halogens is 1. The number of hydrogen-bond acceptors (Lipinski definition) is 5. The first-order chi connectivity index (χ1) is 9.26. The third-order valence-corrected chi connectivity index (χ3v) is 2.86. The van der Waals surface area contributed by atoms with E-state index in [2.05, 4.69) is 26.2 Å². The molecular weight excluding hydrogens is 328 g/mol. The molecule has 0 aliphatic rings. The Morgan fingerprint density at radius 3 is 2.45 bits per heavy atom. The Morgan fingerprint density at radius 2 is 1.95 bits per heavy atom. The van der Waals surface area contributed by atoms with E-state index < -0.39 is 18.0 Å². The molecule has 0 aliphatic carbocycles. The number of ether oxygens (including phenoxy) is 3. The van der Waals surface area contributed by atoms with Crippen LogP contribution in [-0.2, 0) is 14.2 Å². The Kier molecular flexibility index (Phi) is 5.91. The van der Waals surface area contributed by atoms with Gasteiger partial charge in [-0.25, -0.2) is 9.78 Å². The molecule has 0 aromatic carbocycles. The lowest BCUT2D eigenvalue weighted by atomic mass is 10.2. The van der Waals surface area contributed by atoms with Crippen molar-refractivity contribution in [2.45, 2.75) is 32.7 Å². The molecule has 6 nitrogen and oxygen atoms in total. The van der Waals surface area contributed by atoms with E-state index in [9.17, 15) is 4.79 Å². The number of rotatable bonds is 4. The van der Waals surface area contributed by atoms with Crippen LogP contribution in [0.1, 0.15) is 32.6 Å². The second-order valence-electron chi connectivity index (χ2n) is 5.02. The lowest BCUT2D eigenvalue weighted by Crippen LogP contribution is -2.27. The summed E-state index contributed by atoms with van der Waals surface area (Å²) in [4.78, 5) is 15.8. The molecule has 1 heterocycles. The minimum Gasteiger partial charge on any atom is -0.444 e. The number of anilines is 1. The average molecular weight is 347 g/mol. The van der Waals surface area contributed by atoms with Crippen molar-refractivity contribution in [3.8, 4) is 0 Å². The van der Waals surface area contributed by atoms with Crippen LogP contribution in [0.3, 0.4) is 0 Å². The van der Waals surface area contributed by atoms with Crippen LogP contribution in [0.2, 0.25) is 0 Å². The van der Waals surface area contributed by atoms with Gasteiger partial charge in [0, 0.05) is 30.5 Å². The summed E-state index contributed by atoms with van der Waals surface area (Å²) in [5, 5.41) is 2.56. The van der Waals surface area contributed by atoms with Gasteiger partial charge in [0.1, 0.15) is 11.4 Å². The molecule has 0 saturated carbocycles. The molecular formula is C13H19BrN2O4. The summed E-state index contributed by atoms with van der Waals surface area (Å²) >= 11 is 3.36. The maximum atomic E-state index is 11.7. The number of carbonyl (C=O) groups is 1. The van der Waals surface area contributed by atoms with E-state index in [1.165, 1.54) is 14.2 Å². The highest BCUT2D eigenvalue weighted by Gasteiger charge is 2.18. The van der Waals surface area contributed by atoms with Gasteiger partial charge in [-0.1, -0.05) is 0 Å². The molecule has 1 N–H and O–H groups in total. The molecule has 112 valence electrons. The van der Waals surface area contributed by atoms with Crippen molar-refractivity contribution >= 4 is 27.8 Å². The second kappa shape index (κ2) is 7.01. The van der Waals surface area contributed by atoms with Gasteiger partial charge in [0.15, 0.2) is 6.29 Å². The van der Waals surface area contributed by atoms with Gasteiger partial charge in [-0.2, -0.15) is 0 Å². The van der Waals surface area contributed by atoms with Gasteiger partial charge in [0.25, 0.3) is 0 Å². The predicted octanol–water partition coefficient (Wildman–Crippen LogP) is 3.48. The molecule has 1 amide bonds. The van der Waals surface area contributed by atoms with Gasteiger partial charge in [-0.05, 0) is 42.8 Å². The van der Waals surface area contributed by atoms with Gasteiger partial charge < -0.3 is 14.2 Å². The van der Waals surface area contributed by atoms with Crippen molar-refractivity contribution in [2.24, 2.45) is 0 Å². The zero-order valence-corrected chi connectivity index (χ0v) is 13.8. The summed E-state index contributed by atoms with van der Waals surface area (Å²) in [5.41, 5.74) is 0.153. The first-order valence-electron chi connectivity index (χ1n) is 5.98. The highest BCUT2D eigenvalue weighted by atomic mass is 79.9. The van der Waals surface area contributed by atoms with E-state index in [1.807, 2.05) is 0 Å². The molecule has 1 rings (SSSR count). The minimum atomic E-state index is -0.566. The molecule has 1 aromatic heterocycles. The molecule has 0 bridgehead atoms. The number of aromatic nitrogens is 1. The maximum absolute atomic E-state index is 11.7. The summed E-state index contributed by atoms with van der Waals surface area (Å²) in [6.07, 6.45) is 0.448. The monoisotopic (exact) mass is 346 g/mol. The lowest BCUT2D eigenvalue weighted by molar-refractivity contribution is -0.106. The maximum Gasteiger partial charge on any atom is 0.413 e. The van der Waals surface area contributed by atoms with Crippen molar-refractivity contribution in [2.75, 3.05) is 19.5 Å². The highest BCUT2D eigenvalue weighted by Crippen LogP contribution is 2.27. The number of carbonyl (C=O) groups excluding carboxylic acids is 1. The summed E-state index contributed by atoms with van der Waals surface area (Å²) in [5.74, 6) is 0.358. The third-order valence-electron chi connectivity index (χ3n) is 2.20. The number of nitrogens with one attached hydrogen (secondary N) is 1. The second-order valence-corrected chi connectivity index (χ2v) is 5.88. The average Bonchev–Trinajstić information content (AvgIpc) is 2.32. The quantitative estimate of drug-likeness (QED) is 0.845. The Hall–Kier alpha value is -1.18. The van der Waals surface area contributed by atoms with Crippen molar-refractivity contribution in [3.63, 3.8) is 0 Å². The van der Waals surface area contributed by atoms with E-state index in [4.69, 9.17) is 14.2 Å². The van der Waals surface area contributed by atoms with Crippen molar-refractivity contribution < 1.29 is 19.0 Å². The van der Waals surface area contributed by atoms with Crippen molar-refractivity contribution in [3.05, 3.63) is 22.3 Å². The van der Waals surface area contributed by atoms with Crippen LogP contribution in [0, 0.1) is 0 Å². The van der Waals surface area contributed by atoms with E-state index in [0.717, 1.165) is 10.0 Å². The summed E-state index contributed by atoms with van der Waals surface area (Å²) in [6, 6.07) is 1.66. The SMILES string of the molecule is COC(OC)c1cc(NC(=O)OC(C)(C)C)ncc1Br. The zero-order chi connectivity index (χ0) is 15.3. The predicted molar refractivity (Wildman–Crippen MR) is 78.6 cm³/mol. The van der Waals surface area contributed by atoms with E-state index in [-0.39, 0.29) is 0 Å². The largest absolute Gasteiger partial charge is 0.444 e. The summed E-state index contributed by atoms with van der Waals surface area (Å²) in [6.45, 7) is 5.37. The molecule has 0 fully saturated rings. The Bertz CT molecular complexity index is 470. The molecule has 0 unspecified atom stereocenters. The van der Waals surface area contributed by atoms with Crippen LogP contribution in [-0.4, -0.2) is 30.9 Å². The van der Waals surface area contributed by atoms with Crippen LogP contribution in [0.15, 0.2) is 16.7 Å². The number of amides is 1. The fourth-order valence-electron chi connectivity index (χ4n) is 1.46. The fourth-order valence-corrected chi connectivity index (χ4v) is 1.87. The smallest absolute Gasteiger partial charge is 0.413 e. The van der Waals surface area contributed by atoms with Crippen LogP contribution in [0.25, 0.3) is 0 Å². The molecule has 7 heteroatoms. The van der Waals surface area contributed by atoms with Gasteiger partial charge in [-0.3, -0.25) is 5.32 Å². The molecule has 0 radical (unpaired) electrons. The van der Waals surface area contributed by atoms with Crippen LogP contribution in [0.5, 0.6) is 0 Å². The van der Waals surface area contributed by atoms with Crippen molar-refractivity contribution in [1.29, 1.82) is 0 Å². The fraction of sp³-hybridized carbons (Fsp3) is 0.538. The summed E-state index contributed by atoms with van der Waals surface area (Å²) < 4.78 is 16.2. The van der Waals surface area contributed by atoms with E-state index in [1.54, 1.807) is 33.0 Å². The Labute approximate surface area is 126 Å². The van der Waals surface area contributed by atoms with Gasteiger partial charge in [0.05, 0.1) is 0 Å². The molecule has 0 saturated heterocycles.